The summed E-state index contributed by atoms with van der Waals surface area (Å²) >= 11 is 6.09. The maximum atomic E-state index is 6.09. The van der Waals surface area contributed by atoms with Crippen LogP contribution in [0.15, 0.2) is 24.3 Å². The highest BCUT2D eigenvalue weighted by atomic mass is 35.5. The fraction of sp³-hybridized carbons (Fsp3) is 0.625. The van der Waals surface area contributed by atoms with Crippen LogP contribution in [0.25, 0.3) is 0 Å². The van der Waals surface area contributed by atoms with Gasteiger partial charge in [-0.1, -0.05) is 23.7 Å². The molecule has 1 aromatic carbocycles. The van der Waals surface area contributed by atoms with Gasteiger partial charge in [-0.05, 0) is 37.5 Å². The number of hydrogen-bond acceptors (Lipinski definition) is 3. The van der Waals surface area contributed by atoms with Crippen LogP contribution in [-0.4, -0.2) is 39.5 Å². The molecular weight excluding hydrogens is 274 g/mol. The van der Waals surface area contributed by atoms with Gasteiger partial charge in [0, 0.05) is 37.2 Å². The number of hydrogen-bond donors (Lipinski definition) is 1. The summed E-state index contributed by atoms with van der Waals surface area (Å²) in [6, 6.07) is 8.14. The molecule has 1 aromatic rings. The van der Waals surface area contributed by atoms with Gasteiger partial charge in [0.05, 0.1) is 12.7 Å². The number of methoxy groups -OCH3 is 1. The zero-order valence-electron chi connectivity index (χ0n) is 12.3. The van der Waals surface area contributed by atoms with Crippen molar-refractivity contribution in [3.05, 3.63) is 34.9 Å². The van der Waals surface area contributed by atoms with Crippen molar-refractivity contribution < 1.29 is 9.47 Å². The van der Waals surface area contributed by atoms with Gasteiger partial charge in [-0.25, -0.2) is 0 Å². The van der Waals surface area contributed by atoms with E-state index < -0.39 is 0 Å². The second-order valence-electron chi connectivity index (χ2n) is 5.60. The molecule has 1 heterocycles. The van der Waals surface area contributed by atoms with Crippen LogP contribution < -0.4 is 5.32 Å². The largest absolute Gasteiger partial charge is 0.383 e. The minimum Gasteiger partial charge on any atom is -0.383 e. The molecule has 0 radical (unpaired) electrons. The fourth-order valence-electron chi connectivity index (χ4n) is 2.91. The Morgan fingerprint density at radius 2 is 2.35 bits per heavy atom. The zero-order chi connectivity index (χ0) is 14.4. The van der Waals surface area contributed by atoms with Crippen molar-refractivity contribution in [2.45, 2.75) is 25.9 Å². The maximum Gasteiger partial charge on any atom is 0.0619 e. The van der Waals surface area contributed by atoms with Crippen LogP contribution in [0.3, 0.4) is 0 Å². The maximum absolute atomic E-state index is 6.09. The van der Waals surface area contributed by atoms with Crippen LogP contribution in [0.2, 0.25) is 5.02 Å². The molecule has 112 valence electrons. The summed E-state index contributed by atoms with van der Waals surface area (Å²) in [6.07, 6.45) is 2.34. The first-order chi connectivity index (χ1) is 9.66. The van der Waals surface area contributed by atoms with Gasteiger partial charge < -0.3 is 14.8 Å². The Hall–Kier alpha value is -0.610. The summed E-state index contributed by atoms with van der Waals surface area (Å²) in [4.78, 5) is 0. The summed E-state index contributed by atoms with van der Waals surface area (Å²) in [5.41, 5.74) is 1.43. The average Bonchev–Trinajstić information content (AvgIpc) is 2.77. The van der Waals surface area contributed by atoms with Gasteiger partial charge >= 0.3 is 0 Å². The minimum absolute atomic E-state index is 0.151. The number of halogens is 1. The third kappa shape index (κ3) is 3.95. The van der Waals surface area contributed by atoms with Gasteiger partial charge in [0.2, 0.25) is 0 Å². The highest BCUT2D eigenvalue weighted by molar-refractivity contribution is 6.30. The molecule has 20 heavy (non-hydrogen) atoms. The van der Waals surface area contributed by atoms with Crippen molar-refractivity contribution in [1.29, 1.82) is 0 Å². The van der Waals surface area contributed by atoms with E-state index in [1.165, 1.54) is 5.56 Å². The minimum atomic E-state index is 0.151. The standard InChI is InChI=1S/C16H24ClNO2/c1-13-16(6-8-20-13,12-18-7-9-19-2)11-14-4-3-5-15(17)10-14/h3-5,10,13,18H,6-9,11-12H2,1-2H3. The van der Waals surface area contributed by atoms with E-state index in [-0.39, 0.29) is 11.5 Å². The molecule has 0 aliphatic carbocycles. The number of nitrogens with one attached hydrogen (secondary N) is 1. The van der Waals surface area contributed by atoms with E-state index in [2.05, 4.69) is 24.4 Å². The van der Waals surface area contributed by atoms with E-state index in [9.17, 15) is 0 Å². The molecule has 0 amide bonds. The predicted molar refractivity (Wildman–Crippen MR) is 82.4 cm³/mol. The predicted octanol–water partition coefficient (Wildman–Crippen LogP) is 2.91. The van der Waals surface area contributed by atoms with Crippen molar-refractivity contribution in [3.8, 4) is 0 Å². The average molecular weight is 298 g/mol. The van der Waals surface area contributed by atoms with Crippen LogP contribution >= 0.6 is 11.6 Å². The Bertz CT molecular complexity index is 427. The third-order valence-corrected chi connectivity index (χ3v) is 4.47. The van der Waals surface area contributed by atoms with Gasteiger partial charge in [0.25, 0.3) is 0 Å². The van der Waals surface area contributed by atoms with Gasteiger partial charge in [-0.2, -0.15) is 0 Å². The first kappa shape index (κ1) is 15.8. The molecule has 1 fully saturated rings. The monoisotopic (exact) mass is 297 g/mol. The summed E-state index contributed by atoms with van der Waals surface area (Å²) < 4.78 is 10.9. The van der Waals surface area contributed by atoms with Crippen molar-refractivity contribution in [3.63, 3.8) is 0 Å². The fourth-order valence-corrected chi connectivity index (χ4v) is 3.12. The van der Waals surface area contributed by atoms with E-state index in [0.29, 0.717) is 0 Å². The van der Waals surface area contributed by atoms with Crippen molar-refractivity contribution in [2.75, 3.05) is 33.4 Å². The van der Waals surface area contributed by atoms with Gasteiger partial charge in [-0.3, -0.25) is 0 Å². The Labute approximate surface area is 126 Å². The highest BCUT2D eigenvalue weighted by Crippen LogP contribution is 2.38. The second kappa shape index (κ2) is 7.41. The molecule has 2 rings (SSSR count). The van der Waals surface area contributed by atoms with Crippen molar-refractivity contribution in [2.24, 2.45) is 5.41 Å². The normalized spacial score (nSPS) is 26.1. The highest BCUT2D eigenvalue weighted by Gasteiger charge is 2.41. The molecule has 4 heteroatoms. The summed E-state index contributed by atoms with van der Waals surface area (Å²) in [7, 11) is 1.73. The lowest BCUT2D eigenvalue weighted by Crippen LogP contribution is -2.42. The van der Waals surface area contributed by atoms with Crippen LogP contribution in [0.5, 0.6) is 0 Å². The quantitative estimate of drug-likeness (QED) is 0.785. The Morgan fingerprint density at radius 1 is 1.50 bits per heavy atom. The molecule has 2 atom stereocenters. The van der Waals surface area contributed by atoms with E-state index in [0.717, 1.165) is 44.2 Å². The van der Waals surface area contributed by atoms with Crippen LogP contribution in [0.4, 0.5) is 0 Å². The third-order valence-electron chi connectivity index (χ3n) is 4.24. The van der Waals surface area contributed by atoms with Crippen LogP contribution in [0, 0.1) is 5.41 Å². The van der Waals surface area contributed by atoms with E-state index >= 15 is 0 Å². The van der Waals surface area contributed by atoms with Crippen molar-refractivity contribution >= 4 is 11.6 Å². The summed E-state index contributed by atoms with van der Waals surface area (Å²) in [5, 5.41) is 4.30. The Balaban J connectivity index is 2.03. The number of rotatable bonds is 7. The zero-order valence-corrected chi connectivity index (χ0v) is 13.1. The second-order valence-corrected chi connectivity index (χ2v) is 6.04. The molecule has 1 aliphatic rings. The molecular formula is C16H24ClNO2. The van der Waals surface area contributed by atoms with Gasteiger partial charge in [0.15, 0.2) is 0 Å². The molecule has 0 aromatic heterocycles. The molecule has 1 N–H and O–H groups in total. The first-order valence-corrected chi connectivity index (χ1v) is 7.60. The van der Waals surface area contributed by atoms with Crippen LogP contribution in [-0.2, 0) is 15.9 Å². The van der Waals surface area contributed by atoms with Gasteiger partial charge in [0.1, 0.15) is 0 Å². The SMILES string of the molecule is COCCNCC1(Cc2cccc(Cl)c2)CCOC1C. The lowest BCUT2D eigenvalue weighted by Gasteiger charge is -2.33. The molecule has 0 bridgehead atoms. The smallest absolute Gasteiger partial charge is 0.0619 e. The summed E-state index contributed by atoms with van der Waals surface area (Å²) in [5.74, 6) is 0. The van der Waals surface area contributed by atoms with E-state index in [1.54, 1.807) is 7.11 Å². The topological polar surface area (TPSA) is 30.5 Å². The molecule has 3 nitrogen and oxygen atoms in total. The lowest BCUT2D eigenvalue weighted by atomic mass is 9.76. The van der Waals surface area contributed by atoms with E-state index in [4.69, 9.17) is 21.1 Å². The first-order valence-electron chi connectivity index (χ1n) is 7.22. The number of ether oxygens (including phenoxy) is 2. The molecule has 1 aliphatic heterocycles. The summed E-state index contributed by atoms with van der Waals surface area (Å²) in [6.45, 7) is 5.58. The Kier molecular flexibility index (Phi) is 5.85. The molecule has 0 saturated carbocycles. The molecule has 1 saturated heterocycles. The van der Waals surface area contributed by atoms with Crippen molar-refractivity contribution in [1.82, 2.24) is 5.32 Å². The van der Waals surface area contributed by atoms with Crippen LogP contribution in [0.1, 0.15) is 18.9 Å². The molecule has 0 spiro atoms. The Morgan fingerprint density at radius 3 is 3.00 bits per heavy atom. The number of benzene rings is 1. The van der Waals surface area contributed by atoms with E-state index in [1.807, 2.05) is 12.1 Å². The van der Waals surface area contributed by atoms with Gasteiger partial charge in [-0.15, -0.1) is 0 Å². The molecule has 2 unspecified atom stereocenters. The lowest BCUT2D eigenvalue weighted by molar-refractivity contribution is 0.0619.